The lowest BCUT2D eigenvalue weighted by molar-refractivity contribution is -0.131. The van der Waals surface area contributed by atoms with Gasteiger partial charge in [-0.05, 0) is 71.8 Å². The SMILES string of the molecule is CC(C)(C)[Si](C)(C)OCCN(CCc1c[nH]c2ccccc12)C1CCc2cc(C=CC(=O)O)ccc21. The minimum atomic E-state index is -1.81. The number of aryl methyl sites for hydroxylation is 1. The van der Waals surface area contributed by atoms with Gasteiger partial charge in [0.05, 0.1) is 0 Å². The Morgan fingerprint density at radius 3 is 2.72 bits per heavy atom. The van der Waals surface area contributed by atoms with Gasteiger partial charge in [-0.15, -0.1) is 0 Å². The van der Waals surface area contributed by atoms with Crippen LogP contribution >= 0.6 is 0 Å². The molecule has 0 amide bonds. The predicted octanol–water partition coefficient (Wildman–Crippen LogP) is 6.82. The van der Waals surface area contributed by atoms with E-state index < -0.39 is 14.3 Å². The Kier molecular flexibility index (Phi) is 7.88. The number of aliphatic carboxylic acids is 1. The zero-order valence-electron chi connectivity index (χ0n) is 22.3. The van der Waals surface area contributed by atoms with Crippen molar-refractivity contribution >= 4 is 31.3 Å². The van der Waals surface area contributed by atoms with Crippen molar-refractivity contribution in [1.82, 2.24) is 9.88 Å². The van der Waals surface area contributed by atoms with Crippen LogP contribution in [0.3, 0.4) is 0 Å². The first-order valence-corrected chi connectivity index (χ1v) is 15.9. The summed E-state index contributed by atoms with van der Waals surface area (Å²) in [6.07, 6.45) is 8.11. The number of para-hydroxylation sites is 1. The molecule has 5 nitrogen and oxygen atoms in total. The van der Waals surface area contributed by atoms with Gasteiger partial charge in [-0.25, -0.2) is 4.79 Å². The summed E-state index contributed by atoms with van der Waals surface area (Å²) in [6, 6.07) is 15.2. The fraction of sp³-hybridized carbons (Fsp3) is 0.433. The summed E-state index contributed by atoms with van der Waals surface area (Å²) in [5.74, 6) is -0.918. The van der Waals surface area contributed by atoms with Crippen LogP contribution in [-0.4, -0.2) is 49.0 Å². The Balaban J connectivity index is 1.52. The number of H-pyrrole nitrogens is 1. The molecule has 0 saturated carbocycles. The third kappa shape index (κ3) is 5.99. The largest absolute Gasteiger partial charge is 0.478 e. The van der Waals surface area contributed by atoms with Crippen molar-refractivity contribution in [2.45, 2.75) is 64.2 Å². The fourth-order valence-corrected chi connectivity index (χ4v) is 5.96. The van der Waals surface area contributed by atoms with E-state index in [0.29, 0.717) is 6.04 Å². The standard InChI is InChI=1S/C30H40N2O3Si/c1-30(2,3)36(4,5)35-19-18-32(17-16-24-21-31-27-9-7-6-8-25(24)27)28-14-12-23-20-22(10-13-26(23)28)11-15-29(33)34/h6-11,13,15,20-21,28,31H,12,14,16-19H2,1-5H3,(H,33,34). The molecule has 2 aromatic carbocycles. The van der Waals surface area contributed by atoms with Crippen molar-refractivity contribution in [2.75, 3.05) is 19.7 Å². The Morgan fingerprint density at radius 2 is 1.97 bits per heavy atom. The molecule has 1 atom stereocenters. The minimum Gasteiger partial charge on any atom is -0.478 e. The van der Waals surface area contributed by atoms with Gasteiger partial charge < -0.3 is 14.5 Å². The molecule has 36 heavy (non-hydrogen) atoms. The summed E-state index contributed by atoms with van der Waals surface area (Å²) < 4.78 is 6.58. The van der Waals surface area contributed by atoms with E-state index in [9.17, 15) is 4.79 Å². The van der Waals surface area contributed by atoms with Gasteiger partial charge in [0.25, 0.3) is 0 Å². The van der Waals surface area contributed by atoms with E-state index in [1.54, 1.807) is 6.08 Å². The molecule has 0 aliphatic heterocycles. The molecule has 4 rings (SSSR count). The van der Waals surface area contributed by atoms with E-state index in [0.717, 1.165) is 44.5 Å². The molecule has 2 N–H and O–H groups in total. The Bertz CT molecular complexity index is 1240. The number of nitrogens with one attached hydrogen (secondary N) is 1. The first-order chi connectivity index (χ1) is 17.0. The average Bonchev–Trinajstić information content (AvgIpc) is 3.43. The molecule has 1 heterocycles. The lowest BCUT2D eigenvalue weighted by Gasteiger charge is -2.37. The summed E-state index contributed by atoms with van der Waals surface area (Å²) in [5, 5.41) is 10.5. The maximum Gasteiger partial charge on any atom is 0.328 e. The second kappa shape index (κ2) is 10.7. The number of carboxylic acids is 1. The number of carbonyl (C=O) groups is 1. The number of nitrogens with zero attached hydrogens (tertiary/aromatic N) is 1. The van der Waals surface area contributed by atoms with E-state index in [4.69, 9.17) is 9.53 Å². The lowest BCUT2D eigenvalue weighted by Crippen LogP contribution is -2.43. The highest BCUT2D eigenvalue weighted by molar-refractivity contribution is 6.74. The van der Waals surface area contributed by atoms with Crippen molar-refractivity contribution in [2.24, 2.45) is 0 Å². The van der Waals surface area contributed by atoms with Crippen LogP contribution < -0.4 is 0 Å². The molecule has 0 radical (unpaired) electrons. The third-order valence-corrected chi connectivity index (χ3v) is 12.6. The monoisotopic (exact) mass is 504 g/mol. The Morgan fingerprint density at radius 1 is 1.19 bits per heavy atom. The van der Waals surface area contributed by atoms with Crippen LogP contribution in [0.2, 0.25) is 18.1 Å². The predicted molar refractivity (Wildman–Crippen MR) is 151 cm³/mol. The zero-order valence-corrected chi connectivity index (χ0v) is 23.3. The highest BCUT2D eigenvalue weighted by Crippen LogP contribution is 2.38. The van der Waals surface area contributed by atoms with E-state index in [2.05, 4.69) is 86.3 Å². The number of hydrogen-bond donors (Lipinski definition) is 2. The van der Waals surface area contributed by atoms with Gasteiger partial charge in [0, 0.05) is 48.9 Å². The number of carboxylic acid groups (broad SMARTS) is 1. The summed E-state index contributed by atoms with van der Waals surface area (Å²) in [4.78, 5) is 16.9. The van der Waals surface area contributed by atoms with Crippen molar-refractivity contribution in [3.63, 3.8) is 0 Å². The van der Waals surface area contributed by atoms with Gasteiger partial charge in [-0.1, -0.05) is 57.2 Å². The Labute approximate surface area is 216 Å². The maximum absolute atomic E-state index is 10.9. The molecule has 0 saturated heterocycles. The fourth-order valence-electron chi connectivity index (χ4n) is 4.93. The summed E-state index contributed by atoms with van der Waals surface area (Å²) in [7, 11) is -1.81. The van der Waals surface area contributed by atoms with E-state index in [1.807, 2.05) is 6.07 Å². The third-order valence-electron chi connectivity index (χ3n) is 8.06. The molecule has 0 fully saturated rings. The van der Waals surface area contributed by atoms with Crippen molar-refractivity contribution in [1.29, 1.82) is 0 Å². The molecule has 1 aromatic heterocycles. The molecular weight excluding hydrogens is 464 g/mol. The van der Waals surface area contributed by atoms with E-state index in [-0.39, 0.29) is 5.04 Å². The minimum absolute atomic E-state index is 0.196. The molecule has 0 bridgehead atoms. The van der Waals surface area contributed by atoms with Crippen LogP contribution in [-0.2, 0) is 22.1 Å². The number of rotatable bonds is 10. The normalized spacial score (nSPS) is 16.3. The smallest absolute Gasteiger partial charge is 0.328 e. The van der Waals surface area contributed by atoms with Crippen LogP contribution in [0, 0.1) is 0 Å². The molecule has 1 aliphatic rings. The molecular formula is C30H40N2O3Si. The van der Waals surface area contributed by atoms with Gasteiger partial charge >= 0.3 is 5.97 Å². The quantitative estimate of drug-likeness (QED) is 0.235. The second-order valence-corrected chi connectivity index (χ2v) is 16.2. The number of aromatic amines is 1. The molecule has 6 heteroatoms. The lowest BCUT2D eigenvalue weighted by atomic mass is 10.0. The van der Waals surface area contributed by atoms with Gasteiger partial charge in [0.1, 0.15) is 0 Å². The average molecular weight is 505 g/mol. The van der Waals surface area contributed by atoms with E-state index >= 15 is 0 Å². The Hall–Kier alpha value is -2.67. The zero-order chi connectivity index (χ0) is 25.9. The van der Waals surface area contributed by atoms with Crippen molar-refractivity contribution < 1.29 is 14.3 Å². The van der Waals surface area contributed by atoms with Gasteiger partial charge in [0.15, 0.2) is 8.32 Å². The highest BCUT2D eigenvalue weighted by atomic mass is 28.4. The highest BCUT2D eigenvalue weighted by Gasteiger charge is 2.37. The van der Waals surface area contributed by atoms with Gasteiger partial charge in [-0.2, -0.15) is 0 Å². The molecule has 1 unspecified atom stereocenters. The van der Waals surface area contributed by atoms with Gasteiger partial charge in [-0.3, -0.25) is 4.90 Å². The van der Waals surface area contributed by atoms with Crippen LogP contribution in [0.15, 0.2) is 54.7 Å². The van der Waals surface area contributed by atoms with Crippen molar-refractivity contribution in [3.8, 4) is 0 Å². The number of aromatic nitrogens is 1. The van der Waals surface area contributed by atoms with Gasteiger partial charge in [0.2, 0.25) is 0 Å². The summed E-state index contributed by atoms with van der Waals surface area (Å²) in [5.41, 5.74) is 6.19. The topological polar surface area (TPSA) is 65.6 Å². The van der Waals surface area contributed by atoms with Crippen LogP contribution in [0.1, 0.15) is 55.5 Å². The van der Waals surface area contributed by atoms with Crippen LogP contribution in [0.4, 0.5) is 0 Å². The maximum atomic E-state index is 10.9. The first kappa shape index (κ1) is 26.4. The molecule has 3 aromatic rings. The number of hydrogen-bond acceptors (Lipinski definition) is 3. The number of benzene rings is 2. The molecule has 0 spiro atoms. The van der Waals surface area contributed by atoms with Crippen LogP contribution in [0.5, 0.6) is 0 Å². The number of fused-ring (bicyclic) bond motifs is 2. The van der Waals surface area contributed by atoms with Crippen molar-refractivity contribution in [3.05, 3.63) is 77.0 Å². The van der Waals surface area contributed by atoms with E-state index in [1.165, 1.54) is 33.7 Å². The summed E-state index contributed by atoms with van der Waals surface area (Å²) in [6.45, 7) is 14.1. The van der Waals surface area contributed by atoms with Crippen LogP contribution in [0.25, 0.3) is 17.0 Å². The first-order valence-electron chi connectivity index (χ1n) is 13.0. The molecule has 192 valence electrons. The summed E-state index contributed by atoms with van der Waals surface area (Å²) >= 11 is 0. The second-order valence-electron chi connectivity index (χ2n) is 11.4. The molecule has 1 aliphatic carbocycles.